The molecule has 2 aromatic carbocycles. The molecule has 0 spiro atoms. The summed E-state index contributed by atoms with van der Waals surface area (Å²) < 4.78 is 0. The van der Waals surface area contributed by atoms with Gasteiger partial charge in [0.05, 0.1) is 6.07 Å². The highest BCUT2D eigenvalue weighted by atomic mass is 16.1. The van der Waals surface area contributed by atoms with E-state index in [9.17, 15) is 4.79 Å². The van der Waals surface area contributed by atoms with Crippen molar-refractivity contribution in [3.63, 3.8) is 0 Å². The van der Waals surface area contributed by atoms with Crippen LogP contribution in [0, 0.1) is 11.3 Å². The van der Waals surface area contributed by atoms with E-state index >= 15 is 0 Å². The summed E-state index contributed by atoms with van der Waals surface area (Å²) in [6.45, 7) is 0.509. The Hall–Kier alpha value is -2.34. The molecule has 0 aliphatic rings. The second-order valence-electron chi connectivity index (χ2n) is 4.12. The maximum Gasteiger partial charge on any atom is 0.221 e. The molecule has 0 radical (unpaired) electrons. The van der Waals surface area contributed by atoms with Crippen LogP contribution in [0.2, 0.25) is 0 Å². The molecule has 0 aliphatic heterocycles. The molecular weight excluding hydrogens is 224 g/mol. The van der Waals surface area contributed by atoms with Gasteiger partial charge in [-0.05, 0) is 22.4 Å². The summed E-state index contributed by atoms with van der Waals surface area (Å²) in [5.41, 5.74) is 1.07. The van der Waals surface area contributed by atoms with Crippen molar-refractivity contribution in [1.29, 1.82) is 5.26 Å². The summed E-state index contributed by atoms with van der Waals surface area (Å²) in [5, 5.41) is 13.6. The van der Waals surface area contributed by atoms with Crippen molar-refractivity contribution in [3.05, 3.63) is 48.0 Å². The first-order valence-electron chi connectivity index (χ1n) is 5.91. The number of carbonyl (C=O) groups is 1. The van der Waals surface area contributed by atoms with Crippen molar-refractivity contribution in [3.8, 4) is 6.07 Å². The zero-order valence-corrected chi connectivity index (χ0v) is 10.0. The SMILES string of the molecule is N#CCCC(=O)NCc1ccc2ccccc2c1. The highest BCUT2D eigenvalue weighted by molar-refractivity contribution is 5.83. The van der Waals surface area contributed by atoms with Crippen LogP contribution >= 0.6 is 0 Å². The molecule has 3 heteroatoms. The van der Waals surface area contributed by atoms with Crippen LogP contribution in [0.1, 0.15) is 18.4 Å². The van der Waals surface area contributed by atoms with E-state index in [0.29, 0.717) is 6.54 Å². The Bertz CT molecular complexity index is 599. The Labute approximate surface area is 106 Å². The first-order chi connectivity index (χ1) is 8.79. The number of nitriles is 1. The summed E-state index contributed by atoms with van der Waals surface area (Å²) >= 11 is 0. The van der Waals surface area contributed by atoms with Crippen molar-refractivity contribution >= 4 is 16.7 Å². The molecule has 0 aliphatic carbocycles. The lowest BCUT2D eigenvalue weighted by Crippen LogP contribution is -2.22. The number of hydrogen-bond acceptors (Lipinski definition) is 2. The number of nitrogens with zero attached hydrogens (tertiary/aromatic N) is 1. The van der Waals surface area contributed by atoms with Crippen LogP contribution in [0.5, 0.6) is 0 Å². The highest BCUT2D eigenvalue weighted by Crippen LogP contribution is 2.15. The topological polar surface area (TPSA) is 52.9 Å². The third kappa shape index (κ3) is 3.08. The van der Waals surface area contributed by atoms with E-state index in [-0.39, 0.29) is 18.7 Å². The number of carbonyl (C=O) groups excluding carboxylic acids is 1. The van der Waals surface area contributed by atoms with Gasteiger partial charge < -0.3 is 5.32 Å². The highest BCUT2D eigenvalue weighted by Gasteiger charge is 2.01. The monoisotopic (exact) mass is 238 g/mol. The van der Waals surface area contributed by atoms with E-state index in [1.54, 1.807) is 0 Å². The Kier molecular flexibility index (Phi) is 3.93. The maximum atomic E-state index is 11.4. The number of hydrogen-bond donors (Lipinski definition) is 1. The summed E-state index contributed by atoms with van der Waals surface area (Å²) in [6, 6.07) is 16.2. The van der Waals surface area contributed by atoms with E-state index in [1.165, 1.54) is 10.8 Å². The fraction of sp³-hybridized carbons (Fsp3) is 0.200. The van der Waals surface area contributed by atoms with Crippen LogP contribution in [-0.2, 0) is 11.3 Å². The van der Waals surface area contributed by atoms with Crippen molar-refractivity contribution in [2.24, 2.45) is 0 Å². The largest absolute Gasteiger partial charge is 0.352 e. The van der Waals surface area contributed by atoms with Gasteiger partial charge in [-0.15, -0.1) is 0 Å². The first-order valence-corrected chi connectivity index (χ1v) is 5.91. The molecule has 0 saturated heterocycles. The van der Waals surface area contributed by atoms with E-state index in [1.807, 2.05) is 30.3 Å². The normalized spacial score (nSPS) is 9.94. The van der Waals surface area contributed by atoms with Gasteiger partial charge in [0.1, 0.15) is 0 Å². The lowest BCUT2D eigenvalue weighted by molar-refractivity contribution is -0.121. The Morgan fingerprint density at radius 2 is 1.94 bits per heavy atom. The van der Waals surface area contributed by atoms with Crippen LogP contribution in [0.3, 0.4) is 0 Å². The van der Waals surface area contributed by atoms with Crippen LogP contribution in [-0.4, -0.2) is 5.91 Å². The molecule has 0 fully saturated rings. The van der Waals surface area contributed by atoms with Gasteiger partial charge in [0.2, 0.25) is 5.91 Å². The summed E-state index contributed by atoms with van der Waals surface area (Å²) in [7, 11) is 0. The third-order valence-corrected chi connectivity index (χ3v) is 2.77. The lowest BCUT2D eigenvalue weighted by atomic mass is 10.1. The predicted molar refractivity (Wildman–Crippen MR) is 70.6 cm³/mol. The van der Waals surface area contributed by atoms with Crippen LogP contribution < -0.4 is 5.32 Å². The Balaban J connectivity index is 2.00. The van der Waals surface area contributed by atoms with Crippen LogP contribution in [0.25, 0.3) is 10.8 Å². The van der Waals surface area contributed by atoms with Crippen LogP contribution in [0.4, 0.5) is 0 Å². The second-order valence-corrected chi connectivity index (χ2v) is 4.12. The fourth-order valence-corrected chi connectivity index (χ4v) is 1.81. The van der Waals surface area contributed by atoms with Gasteiger partial charge in [0, 0.05) is 19.4 Å². The van der Waals surface area contributed by atoms with Gasteiger partial charge in [-0.1, -0.05) is 36.4 Å². The standard InChI is InChI=1S/C15H14N2O/c16-9-3-6-15(18)17-11-12-7-8-13-4-1-2-5-14(13)10-12/h1-2,4-5,7-8,10H,3,6,11H2,(H,17,18). The molecule has 0 atom stereocenters. The van der Waals surface area contributed by atoms with Crippen LogP contribution in [0.15, 0.2) is 42.5 Å². The quantitative estimate of drug-likeness (QED) is 0.890. The van der Waals surface area contributed by atoms with E-state index in [2.05, 4.69) is 23.5 Å². The molecular formula is C15H14N2O. The fourth-order valence-electron chi connectivity index (χ4n) is 1.81. The van der Waals surface area contributed by atoms with Gasteiger partial charge in [-0.25, -0.2) is 0 Å². The van der Waals surface area contributed by atoms with E-state index in [4.69, 9.17) is 5.26 Å². The zero-order chi connectivity index (χ0) is 12.8. The minimum Gasteiger partial charge on any atom is -0.352 e. The van der Waals surface area contributed by atoms with Gasteiger partial charge in [-0.2, -0.15) is 5.26 Å². The van der Waals surface area contributed by atoms with Crippen molar-refractivity contribution < 1.29 is 4.79 Å². The summed E-state index contributed by atoms with van der Waals surface area (Å²) in [6.07, 6.45) is 0.535. The molecule has 0 unspecified atom stereocenters. The molecule has 0 bridgehead atoms. The molecule has 18 heavy (non-hydrogen) atoms. The average Bonchev–Trinajstić information content (AvgIpc) is 2.42. The number of amides is 1. The molecule has 1 amide bonds. The molecule has 0 aromatic heterocycles. The number of fused-ring (bicyclic) bond motifs is 1. The lowest BCUT2D eigenvalue weighted by Gasteiger charge is -2.05. The summed E-state index contributed by atoms with van der Waals surface area (Å²) in [4.78, 5) is 11.4. The predicted octanol–water partition coefficient (Wildman–Crippen LogP) is 2.76. The van der Waals surface area contributed by atoms with Gasteiger partial charge >= 0.3 is 0 Å². The molecule has 0 heterocycles. The van der Waals surface area contributed by atoms with E-state index < -0.39 is 0 Å². The number of benzene rings is 2. The average molecular weight is 238 g/mol. The Morgan fingerprint density at radius 3 is 2.72 bits per heavy atom. The van der Waals surface area contributed by atoms with Crippen molar-refractivity contribution in [1.82, 2.24) is 5.32 Å². The molecule has 0 saturated carbocycles. The maximum absolute atomic E-state index is 11.4. The van der Waals surface area contributed by atoms with Gasteiger partial charge in [0.25, 0.3) is 0 Å². The Morgan fingerprint density at radius 1 is 1.17 bits per heavy atom. The van der Waals surface area contributed by atoms with Gasteiger partial charge in [0.15, 0.2) is 0 Å². The molecule has 2 rings (SSSR count). The number of rotatable bonds is 4. The molecule has 90 valence electrons. The van der Waals surface area contributed by atoms with Gasteiger partial charge in [-0.3, -0.25) is 4.79 Å². The molecule has 3 nitrogen and oxygen atoms in total. The number of nitrogens with one attached hydrogen (secondary N) is 1. The van der Waals surface area contributed by atoms with E-state index in [0.717, 1.165) is 5.56 Å². The first kappa shape index (κ1) is 12.1. The summed E-state index contributed by atoms with van der Waals surface area (Å²) in [5.74, 6) is -0.0790. The zero-order valence-electron chi connectivity index (χ0n) is 10.0. The molecule has 2 aromatic rings. The minimum absolute atomic E-state index is 0.0790. The minimum atomic E-state index is -0.0790. The molecule has 1 N–H and O–H groups in total. The van der Waals surface area contributed by atoms with Crippen molar-refractivity contribution in [2.45, 2.75) is 19.4 Å². The second kappa shape index (κ2) is 5.83. The van der Waals surface area contributed by atoms with Crippen molar-refractivity contribution in [2.75, 3.05) is 0 Å². The smallest absolute Gasteiger partial charge is 0.221 e. The third-order valence-electron chi connectivity index (χ3n) is 2.77.